The maximum absolute atomic E-state index is 11.2. The summed E-state index contributed by atoms with van der Waals surface area (Å²) in [5.74, 6) is 0.207. The number of hydrogen-bond donors (Lipinski definition) is 1. The summed E-state index contributed by atoms with van der Waals surface area (Å²) in [6.45, 7) is 6.61. The Bertz CT molecular complexity index is 423. The molecule has 104 valence electrons. The normalized spacial score (nSPS) is 16.6. The third-order valence-corrected chi connectivity index (χ3v) is 3.87. The van der Waals surface area contributed by atoms with Gasteiger partial charge in [-0.25, -0.2) is 0 Å². The first-order valence-electron chi connectivity index (χ1n) is 7.19. The van der Waals surface area contributed by atoms with E-state index in [4.69, 9.17) is 0 Å². The Morgan fingerprint density at radius 3 is 2.74 bits per heavy atom. The van der Waals surface area contributed by atoms with E-state index in [1.807, 2.05) is 4.90 Å². The standard InChI is InChI=1S/C16H24N2O/c1-13-4-3-5-15(12-13)6-9-17-16-7-10-18(11-8-16)14(2)19/h3-5,12,16-17H,6-11H2,1-2H3. The molecule has 2 rings (SSSR count). The van der Waals surface area contributed by atoms with Crippen molar-refractivity contribution >= 4 is 5.91 Å². The molecule has 0 atom stereocenters. The van der Waals surface area contributed by atoms with Gasteiger partial charge < -0.3 is 10.2 Å². The van der Waals surface area contributed by atoms with Gasteiger partial charge in [-0.15, -0.1) is 0 Å². The Morgan fingerprint density at radius 2 is 2.11 bits per heavy atom. The van der Waals surface area contributed by atoms with Gasteiger partial charge in [0, 0.05) is 26.1 Å². The number of likely N-dealkylation sites (tertiary alicyclic amines) is 1. The number of piperidine rings is 1. The van der Waals surface area contributed by atoms with E-state index in [0.29, 0.717) is 6.04 Å². The van der Waals surface area contributed by atoms with Crippen molar-refractivity contribution in [3.05, 3.63) is 35.4 Å². The van der Waals surface area contributed by atoms with E-state index in [0.717, 1.165) is 38.9 Å². The molecule has 0 saturated carbocycles. The average molecular weight is 260 g/mol. The summed E-state index contributed by atoms with van der Waals surface area (Å²) in [4.78, 5) is 13.2. The number of aryl methyl sites for hydroxylation is 1. The van der Waals surface area contributed by atoms with Gasteiger partial charge in [0.05, 0.1) is 0 Å². The Kier molecular flexibility index (Phi) is 4.97. The third-order valence-electron chi connectivity index (χ3n) is 3.87. The smallest absolute Gasteiger partial charge is 0.219 e. The molecule has 1 aliphatic heterocycles. The van der Waals surface area contributed by atoms with Gasteiger partial charge in [0.2, 0.25) is 5.91 Å². The van der Waals surface area contributed by atoms with Gasteiger partial charge in [0.1, 0.15) is 0 Å². The minimum atomic E-state index is 0.207. The Balaban J connectivity index is 1.68. The van der Waals surface area contributed by atoms with Crippen molar-refractivity contribution in [1.29, 1.82) is 0 Å². The number of hydrogen-bond acceptors (Lipinski definition) is 2. The molecule has 1 aromatic rings. The summed E-state index contributed by atoms with van der Waals surface area (Å²) < 4.78 is 0. The highest BCUT2D eigenvalue weighted by Gasteiger charge is 2.19. The van der Waals surface area contributed by atoms with Crippen molar-refractivity contribution in [2.75, 3.05) is 19.6 Å². The van der Waals surface area contributed by atoms with Crippen LogP contribution in [0, 0.1) is 6.92 Å². The first-order valence-corrected chi connectivity index (χ1v) is 7.19. The zero-order valence-corrected chi connectivity index (χ0v) is 12.0. The highest BCUT2D eigenvalue weighted by Crippen LogP contribution is 2.10. The van der Waals surface area contributed by atoms with Crippen LogP contribution < -0.4 is 5.32 Å². The van der Waals surface area contributed by atoms with Crippen LogP contribution in [0.1, 0.15) is 30.9 Å². The lowest BCUT2D eigenvalue weighted by molar-refractivity contribution is -0.129. The number of nitrogens with zero attached hydrogens (tertiary/aromatic N) is 1. The lowest BCUT2D eigenvalue weighted by atomic mass is 10.0. The summed E-state index contributed by atoms with van der Waals surface area (Å²) in [7, 11) is 0. The third kappa shape index (κ3) is 4.35. The van der Waals surface area contributed by atoms with Crippen molar-refractivity contribution in [2.45, 2.75) is 39.2 Å². The number of amides is 1. The van der Waals surface area contributed by atoms with Gasteiger partial charge >= 0.3 is 0 Å². The first-order chi connectivity index (χ1) is 9.15. The molecule has 1 heterocycles. The van der Waals surface area contributed by atoms with Crippen LogP contribution in [0.3, 0.4) is 0 Å². The van der Waals surface area contributed by atoms with E-state index >= 15 is 0 Å². The Labute approximate surface area is 116 Å². The summed E-state index contributed by atoms with van der Waals surface area (Å²) in [5.41, 5.74) is 2.72. The van der Waals surface area contributed by atoms with Crippen LogP contribution in [0.2, 0.25) is 0 Å². The fourth-order valence-corrected chi connectivity index (χ4v) is 2.69. The molecular weight excluding hydrogens is 236 g/mol. The van der Waals surface area contributed by atoms with Crippen molar-refractivity contribution < 1.29 is 4.79 Å². The van der Waals surface area contributed by atoms with Crippen molar-refractivity contribution in [1.82, 2.24) is 10.2 Å². The summed E-state index contributed by atoms with van der Waals surface area (Å²) in [6, 6.07) is 9.26. The van der Waals surface area contributed by atoms with Crippen molar-refractivity contribution in [3.63, 3.8) is 0 Å². The minimum Gasteiger partial charge on any atom is -0.343 e. The van der Waals surface area contributed by atoms with Crippen LogP contribution in [-0.2, 0) is 11.2 Å². The fraction of sp³-hybridized carbons (Fsp3) is 0.562. The van der Waals surface area contributed by atoms with E-state index in [9.17, 15) is 4.79 Å². The molecule has 3 nitrogen and oxygen atoms in total. The number of carbonyl (C=O) groups excluding carboxylic acids is 1. The molecule has 1 fully saturated rings. The molecule has 0 aliphatic carbocycles. The van der Waals surface area contributed by atoms with Gasteiger partial charge in [0.15, 0.2) is 0 Å². The number of nitrogens with one attached hydrogen (secondary N) is 1. The van der Waals surface area contributed by atoms with Gasteiger partial charge in [-0.3, -0.25) is 4.79 Å². The van der Waals surface area contributed by atoms with Crippen LogP contribution >= 0.6 is 0 Å². The second-order valence-electron chi connectivity index (χ2n) is 5.47. The molecule has 1 N–H and O–H groups in total. The lowest BCUT2D eigenvalue weighted by Gasteiger charge is -2.31. The minimum absolute atomic E-state index is 0.207. The van der Waals surface area contributed by atoms with Crippen LogP contribution in [0.4, 0.5) is 0 Å². The van der Waals surface area contributed by atoms with Gasteiger partial charge in [-0.2, -0.15) is 0 Å². The SMILES string of the molecule is CC(=O)N1CCC(NCCc2cccc(C)c2)CC1. The van der Waals surface area contributed by atoms with Crippen LogP contribution in [0.15, 0.2) is 24.3 Å². The topological polar surface area (TPSA) is 32.3 Å². The highest BCUT2D eigenvalue weighted by molar-refractivity contribution is 5.73. The molecule has 1 amide bonds. The monoisotopic (exact) mass is 260 g/mol. The zero-order valence-electron chi connectivity index (χ0n) is 12.0. The lowest BCUT2D eigenvalue weighted by Crippen LogP contribution is -2.44. The molecule has 1 saturated heterocycles. The molecule has 3 heteroatoms. The summed E-state index contributed by atoms with van der Waals surface area (Å²) >= 11 is 0. The highest BCUT2D eigenvalue weighted by atomic mass is 16.2. The molecule has 19 heavy (non-hydrogen) atoms. The molecule has 0 bridgehead atoms. The van der Waals surface area contributed by atoms with Crippen molar-refractivity contribution in [2.24, 2.45) is 0 Å². The maximum Gasteiger partial charge on any atom is 0.219 e. The molecule has 0 aromatic heterocycles. The molecular formula is C16H24N2O. The largest absolute Gasteiger partial charge is 0.343 e. The number of benzene rings is 1. The molecule has 0 unspecified atom stereocenters. The van der Waals surface area contributed by atoms with Crippen LogP contribution in [0.5, 0.6) is 0 Å². The summed E-state index contributed by atoms with van der Waals surface area (Å²) in [5, 5.41) is 3.61. The zero-order chi connectivity index (χ0) is 13.7. The Morgan fingerprint density at radius 1 is 1.37 bits per heavy atom. The molecule has 0 radical (unpaired) electrons. The van der Waals surface area contributed by atoms with Gasteiger partial charge in [0.25, 0.3) is 0 Å². The second kappa shape index (κ2) is 6.71. The van der Waals surface area contributed by atoms with Crippen molar-refractivity contribution in [3.8, 4) is 0 Å². The fourth-order valence-electron chi connectivity index (χ4n) is 2.69. The van der Waals surface area contributed by atoms with Crippen LogP contribution in [0.25, 0.3) is 0 Å². The number of rotatable bonds is 4. The number of carbonyl (C=O) groups is 1. The maximum atomic E-state index is 11.2. The summed E-state index contributed by atoms with van der Waals surface area (Å²) in [6.07, 6.45) is 3.23. The van der Waals surface area contributed by atoms with E-state index < -0.39 is 0 Å². The quantitative estimate of drug-likeness (QED) is 0.899. The predicted molar refractivity (Wildman–Crippen MR) is 78.2 cm³/mol. The van der Waals surface area contributed by atoms with Crippen LogP contribution in [-0.4, -0.2) is 36.5 Å². The average Bonchev–Trinajstić information content (AvgIpc) is 2.39. The molecule has 1 aliphatic rings. The van der Waals surface area contributed by atoms with Gasteiger partial charge in [-0.1, -0.05) is 29.8 Å². The predicted octanol–water partition coefficient (Wildman–Crippen LogP) is 2.14. The first kappa shape index (κ1) is 14.1. The molecule has 1 aromatic carbocycles. The molecule has 0 spiro atoms. The van der Waals surface area contributed by atoms with E-state index in [1.54, 1.807) is 6.92 Å². The Hall–Kier alpha value is -1.35. The second-order valence-corrected chi connectivity index (χ2v) is 5.47. The van der Waals surface area contributed by atoms with E-state index in [2.05, 4.69) is 36.5 Å². The van der Waals surface area contributed by atoms with Gasteiger partial charge in [-0.05, 0) is 38.3 Å². The van der Waals surface area contributed by atoms with E-state index in [-0.39, 0.29) is 5.91 Å². The van der Waals surface area contributed by atoms with E-state index in [1.165, 1.54) is 11.1 Å².